The fourth-order valence-corrected chi connectivity index (χ4v) is 1.99. The second-order valence-electron chi connectivity index (χ2n) is 4.91. The molecule has 1 aromatic rings. The van der Waals surface area contributed by atoms with Crippen LogP contribution in [0, 0.1) is 5.92 Å². The lowest BCUT2D eigenvalue weighted by Gasteiger charge is -2.28. The van der Waals surface area contributed by atoms with Gasteiger partial charge in [-0.15, -0.1) is 0 Å². The molecule has 0 fully saturated rings. The van der Waals surface area contributed by atoms with Crippen molar-refractivity contribution < 1.29 is 9.90 Å². The second-order valence-corrected chi connectivity index (χ2v) is 6.11. The van der Waals surface area contributed by atoms with Crippen molar-refractivity contribution >= 4 is 40.7 Å². The molecule has 1 atom stereocenters. The number of carbonyl (C=O) groups excluding carboxylic acids is 1. The molecule has 0 aliphatic rings. The molecule has 0 heterocycles. The Balaban J connectivity index is 2.89. The van der Waals surface area contributed by atoms with Gasteiger partial charge in [-0.3, -0.25) is 4.79 Å². The van der Waals surface area contributed by atoms with Crippen LogP contribution in [0.4, 0.5) is 0 Å². The Hall–Kier alpha value is -0.480. The minimum atomic E-state index is -1.01. The van der Waals surface area contributed by atoms with E-state index in [1.165, 1.54) is 12.1 Å². The zero-order valence-corrected chi connectivity index (χ0v) is 13.2. The first kappa shape index (κ1) is 16.6. The van der Waals surface area contributed by atoms with Gasteiger partial charge in [-0.1, -0.05) is 48.7 Å². The monoisotopic (exact) mass is 323 g/mol. The molecule has 1 rings (SSSR count). The van der Waals surface area contributed by atoms with E-state index in [0.717, 1.165) is 0 Å². The third kappa shape index (κ3) is 3.99. The standard InChI is InChI=1S/C13H16Cl3NO2/c1-7(2)13(3,19)6-17-12(18)10-8(14)4-5-9(15)11(10)16/h4-5,7,19H,6H2,1-3H3,(H,17,18). The quantitative estimate of drug-likeness (QED) is 0.828. The van der Waals surface area contributed by atoms with Gasteiger partial charge in [0.2, 0.25) is 0 Å². The highest BCUT2D eigenvalue weighted by Crippen LogP contribution is 2.31. The molecule has 3 nitrogen and oxygen atoms in total. The molecule has 1 aromatic carbocycles. The fraction of sp³-hybridized carbons (Fsp3) is 0.462. The molecular weight excluding hydrogens is 309 g/mol. The first-order valence-corrected chi connectivity index (χ1v) is 6.94. The van der Waals surface area contributed by atoms with Crippen molar-refractivity contribution in [3.05, 3.63) is 32.8 Å². The summed E-state index contributed by atoms with van der Waals surface area (Å²) in [7, 11) is 0. The second kappa shape index (κ2) is 6.31. The first-order chi connectivity index (χ1) is 8.66. The number of halogens is 3. The summed E-state index contributed by atoms with van der Waals surface area (Å²) in [6.07, 6.45) is 0. The van der Waals surface area contributed by atoms with E-state index in [-0.39, 0.29) is 33.1 Å². The smallest absolute Gasteiger partial charge is 0.254 e. The Bertz CT molecular complexity index is 487. The van der Waals surface area contributed by atoms with Gasteiger partial charge in [-0.25, -0.2) is 0 Å². The maximum Gasteiger partial charge on any atom is 0.254 e. The van der Waals surface area contributed by atoms with Crippen LogP contribution in [0.25, 0.3) is 0 Å². The van der Waals surface area contributed by atoms with Crippen molar-refractivity contribution in [2.24, 2.45) is 5.92 Å². The number of amides is 1. The minimum absolute atomic E-state index is 0.00175. The lowest BCUT2D eigenvalue weighted by molar-refractivity contribution is 0.0142. The molecule has 1 unspecified atom stereocenters. The van der Waals surface area contributed by atoms with E-state index in [2.05, 4.69) is 5.32 Å². The predicted octanol–water partition coefficient (Wildman–Crippen LogP) is 3.78. The molecule has 0 aliphatic carbocycles. The Morgan fingerprint density at radius 2 is 1.84 bits per heavy atom. The number of benzene rings is 1. The highest BCUT2D eigenvalue weighted by atomic mass is 35.5. The van der Waals surface area contributed by atoms with Crippen LogP contribution in [0.2, 0.25) is 15.1 Å². The van der Waals surface area contributed by atoms with E-state index in [1.807, 2.05) is 13.8 Å². The summed E-state index contributed by atoms with van der Waals surface area (Å²) in [6, 6.07) is 3.03. The topological polar surface area (TPSA) is 49.3 Å². The van der Waals surface area contributed by atoms with Gasteiger partial charge in [0.25, 0.3) is 5.91 Å². The predicted molar refractivity (Wildman–Crippen MR) is 79.3 cm³/mol. The summed E-state index contributed by atoms with van der Waals surface area (Å²) in [5.74, 6) is -0.462. The van der Waals surface area contributed by atoms with Crippen LogP contribution in [0.5, 0.6) is 0 Å². The number of aliphatic hydroxyl groups is 1. The summed E-state index contributed by atoms with van der Waals surface area (Å²) in [6.45, 7) is 5.48. The van der Waals surface area contributed by atoms with Crippen LogP contribution < -0.4 is 5.32 Å². The highest BCUT2D eigenvalue weighted by molar-refractivity contribution is 6.46. The van der Waals surface area contributed by atoms with Gasteiger partial charge in [0.05, 0.1) is 26.2 Å². The molecule has 106 valence electrons. The summed E-state index contributed by atoms with van der Waals surface area (Å²) in [4.78, 5) is 12.1. The molecule has 6 heteroatoms. The third-order valence-corrected chi connectivity index (χ3v) is 4.24. The van der Waals surface area contributed by atoms with Crippen molar-refractivity contribution in [2.75, 3.05) is 6.54 Å². The number of hydrogen-bond acceptors (Lipinski definition) is 2. The van der Waals surface area contributed by atoms with Crippen LogP contribution in [0.15, 0.2) is 12.1 Å². The van der Waals surface area contributed by atoms with Gasteiger partial charge >= 0.3 is 0 Å². The molecule has 0 aliphatic heterocycles. The maximum absolute atomic E-state index is 12.1. The summed E-state index contributed by atoms with van der Waals surface area (Å²) in [5, 5.41) is 13.3. The zero-order valence-electron chi connectivity index (χ0n) is 10.9. The van der Waals surface area contributed by atoms with Crippen LogP contribution >= 0.6 is 34.8 Å². The number of carbonyl (C=O) groups is 1. The van der Waals surface area contributed by atoms with Crippen molar-refractivity contribution in [3.8, 4) is 0 Å². The van der Waals surface area contributed by atoms with E-state index in [9.17, 15) is 9.90 Å². The molecular formula is C13H16Cl3NO2. The summed E-state index contributed by atoms with van der Waals surface area (Å²) in [5.41, 5.74) is -0.886. The Labute approximate surface area is 127 Å². The van der Waals surface area contributed by atoms with Gasteiger partial charge in [0.15, 0.2) is 0 Å². The van der Waals surface area contributed by atoms with Gasteiger partial charge in [-0.05, 0) is 25.0 Å². The van der Waals surface area contributed by atoms with E-state index in [1.54, 1.807) is 6.92 Å². The zero-order chi connectivity index (χ0) is 14.8. The molecule has 0 bridgehead atoms. The van der Waals surface area contributed by atoms with Crippen molar-refractivity contribution in [2.45, 2.75) is 26.4 Å². The van der Waals surface area contributed by atoms with Crippen LogP contribution in [0.3, 0.4) is 0 Å². The van der Waals surface area contributed by atoms with Gasteiger partial charge in [0.1, 0.15) is 0 Å². The Morgan fingerprint density at radius 3 is 2.37 bits per heavy atom. The minimum Gasteiger partial charge on any atom is -0.388 e. The molecule has 0 aromatic heterocycles. The van der Waals surface area contributed by atoms with E-state index in [0.29, 0.717) is 0 Å². The van der Waals surface area contributed by atoms with Crippen molar-refractivity contribution in [1.29, 1.82) is 0 Å². The van der Waals surface area contributed by atoms with E-state index in [4.69, 9.17) is 34.8 Å². The summed E-state index contributed by atoms with van der Waals surface area (Å²) >= 11 is 17.8. The van der Waals surface area contributed by atoms with Crippen LogP contribution in [-0.2, 0) is 0 Å². The summed E-state index contributed by atoms with van der Waals surface area (Å²) < 4.78 is 0. The van der Waals surface area contributed by atoms with Crippen molar-refractivity contribution in [3.63, 3.8) is 0 Å². The lowest BCUT2D eigenvalue weighted by Crippen LogP contribution is -2.44. The maximum atomic E-state index is 12.1. The van der Waals surface area contributed by atoms with Crippen LogP contribution in [-0.4, -0.2) is 23.2 Å². The number of hydrogen-bond donors (Lipinski definition) is 2. The Kier molecular flexibility index (Phi) is 5.51. The molecule has 0 radical (unpaired) electrons. The molecule has 0 saturated carbocycles. The average Bonchev–Trinajstić information content (AvgIpc) is 2.32. The highest BCUT2D eigenvalue weighted by Gasteiger charge is 2.26. The normalized spacial score (nSPS) is 14.3. The van der Waals surface area contributed by atoms with E-state index < -0.39 is 11.5 Å². The van der Waals surface area contributed by atoms with Gasteiger partial charge < -0.3 is 10.4 Å². The number of nitrogens with one attached hydrogen (secondary N) is 1. The lowest BCUT2D eigenvalue weighted by atomic mass is 9.92. The van der Waals surface area contributed by atoms with Crippen LogP contribution in [0.1, 0.15) is 31.1 Å². The SMILES string of the molecule is CC(C)C(C)(O)CNC(=O)c1c(Cl)ccc(Cl)c1Cl. The number of rotatable bonds is 4. The van der Waals surface area contributed by atoms with Gasteiger partial charge in [-0.2, -0.15) is 0 Å². The molecule has 1 amide bonds. The first-order valence-electron chi connectivity index (χ1n) is 5.81. The van der Waals surface area contributed by atoms with Crippen molar-refractivity contribution in [1.82, 2.24) is 5.32 Å². The molecule has 0 spiro atoms. The Morgan fingerprint density at radius 1 is 1.32 bits per heavy atom. The van der Waals surface area contributed by atoms with E-state index >= 15 is 0 Å². The van der Waals surface area contributed by atoms with Gasteiger partial charge in [0, 0.05) is 6.54 Å². The molecule has 0 saturated heterocycles. The largest absolute Gasteiger partial charge is 0.388 e. The molecule has 19 heavy (non-hydrogen) atoms. The third-order valence-electron chi connectivity index (χ3n) is 3.12. The fourth-order valence-electron chi connectivity index (χ4n) is 1.29. The average molecular weight is 325 g/mol. The molecule has 2 N–H and O–H groups in total.